The van der Waals surface area contributed by atoms with Crippen LogP contribution < -0.4 is 17.0 Å². The summed E-state index contributed by atoms with van der Waals surface area (Å²) < 4.78 is 2.00. The van der Waals surface area contributed by atoms with E-state index in [1.165, 1.54) is 0 Å². The van der Waals surface area contributed by atoms with Crippen molar-refractivity contribution >= 4 is 28.6 Å². The van der Waals surface area contributed by atoms with Gasteiger partial charge in [-0.05, 0) is 24.6 Å². The standard InChI is InChI=1S/C20H15N2O.ClH/c1-14-20-19(23)13-16(12-11-15-7-3-2-4-8-15)22(20)18-10-6-5-9-17(18)21-14;/h2-13H,1H3;1H/q+1;/p-1. The van der Waals surface area contributed by atoms with Crippen LogP contribution >= 0.6 is 0 Å². The first-order chi connectivity index (χ1) is 11.2. The molecule has 1 aliphatic rings. The number of carbonyl (C=O) groups is 1. The third-order valence-electron chi connectivity index (χ3n) is 3.99. The van der Waals surface area contributed by atoms with Crippen LogP contribution in [0.1, 0.15) is 21.7 Å². The number of fused-ring (bicyclic) bond motifs is 3. The van der Waals surface area contributed by atoms with E-state index in [1.54, 1.807) is 6.08 Å². The molecule has 118 valence electrons. The van der Waals surface area contributed by atoms with Crippen molar-refractivity contribution in [3.63, 3.8) is 0 Å². The molecule has 3 nitrogen and oxygen atoms in total. The van der Waals surface area contributed by atoms with E-state index >= 15 is 0 Å². The summed E-state index contributed by atoms with van der Waals surface area (Å²) in [6.07, 6.45) is 5.68. The summed E-state index contributed by atoms with van der Waals surface area (Å²) in [5.74, 6) is 0.00784. The topological polar surface area (TPSA) is 33.8 Å². The second kappa shape index (κ2) is 6.38. The van der Waals surface area contributed by atoms with E-state index in [4.69, 9.17) is 0 Å². The van der Waals surface area contributed by atoms with Crippen LogP contribution in [0.25, 0.3) is 22.8 Å². The van der Waals surface area contributed by atoms with Crippen molar-refractivity contribution in [1.82, 2.24) is 4.98 Å². The molecule has 4 heteroatoms. The molecule has 0 aliphatic carbocycles. The number of nitrogens with zero attached hydrogens (tertiary/aromatic N) is 2. The highest BCUT2D eigenvalue weighted by atomic mass is 35.5. The Morgan fingerprint density at radius 3 is 2.46 bits per heavy atom. The number of aryl methyl sites for hydroxylation is 1. The second-order valence-corrected chi connectivity index (χ2v) is 5.55. The second-order valence-electron chi connectivity index (χ2n) is 5.55. The molecule has 0 bridgehead atoms. The number of hydrogen-bond donors (Lipinski definition) is 0. The predicted octanol–water partition coefficient (Wildman–Crippen LogP) is 0.585. The number of para-hydroxylation sites is 2. The normalized spacial score (nSPS) is 13.0. The summed E-state index contributed by atoms with van der Waals surface area (Å²) in [6.45, 7) is 1.88. The van der Waals surface area contributed by atoms with Crippen LogP contribution in [0.4, 0.5) is 0 Å². The van der Waals surface area contributed by atoms with E-state index in [2.05, 4.69) is 4.98 Å². The van der Waals surface area contributed by atoms with Crippen LogP contribution in [0.2, 0.25) is 0 Å². The number of aromatic nitrogens is 2. The molecule has 0 N–H and O–H groups in total. The Kier molecular flexibility index (Phi) is 4.28. The number of benzene rings is 2. The van der Waals surface area contributed by atoms with E-state index in [-0.39, 0.29) is 18.2 Å². The van der Waals surface area contributed by atoms with E-state index in [1.807, 2.05) is 78.2 Å². The zero-order valence-electron chi connectivity index (χ0n) is 13.1. The summed E-state index contributed by atoms with van der Waals surface area (Å²) in [5.41, 5.74) is 5.22. The van der Waals surface area contributed by atoms with Gasteiger partial charge in [-0.3, -0.25) is 4.79 Å². The van der Waals surface area contributed by atoms with Crippen LogP contribution in [-0.4, -0.2) is 10.8 Å². The minimum atomic E-state index is 0. The van der Waals surface area contributed by atoms with Gasteiger partial charge in [-0.2, -0.15) is 0 Å². The quantitative estimate of drug-likeness (QED) is 0.643. The summed E-state index contributed by atoms with van der Waals surface area (Å²) >= 11 is 0. The van der Waals surface area contributed by atoms with Gasteiger partial charge >= 0.3 is 0 Å². The molecule has 0 saturated carbocycles. The molecular weight excluding hydrogens is 320 g/mol. The van der Waals surface area contributed by atoms with Gasteiger partial charge < -0.3 is 12.4 Å². The fourth-order valence-electron chi connectivity index (χ4n) is 2.96. The van der Waals surface area contributed by atoms with Gasteiger partial charge in [-0.25, -0.2) is 4.98 Å². The van der Waals surface area contributed by atoms with Crippen molar-refractivity contribution in [2.24, 2.45) is 0 Å². The van der Waals surface area contributed by atoms with Crippen LogP contribution in [0.3, 0.4) is 0 Å². The van der Waals surface area contributed by atoms with Gasteiger partial charge in [0, 0.05) is 12.1 Å². The Morgan fingerprint density at radius 1 is 0.958 bits per heavy atom. The minimum absolute atomic E-state index is 0. The molecule has 4 rings (SSSR count). The first-order valence-electron chi connectivity index (χ1n) is 7.55. The Hall–Kier alpha value is -2.78. The zero-order valence-corrected chi connectivity index (χ0v) is 13.9. The molecule has 0 unspecified atom stereocenters. The number of halogens is 1. The zero-order chi connectivity index (χ0) is 15.8. The van der Waals surface area contributed by atoms with Crippen LogP contribution in [0, 0.1) is 6.92 Å². The number of rotatable bonds is 2. The van der Waals surface area contributed by atoms with Crippen LogP contribution in [0.15, 0.2) is 66.7 Å². The highest BCUT2D eigenvalue weighted by Gasteiger charge is 2.34. The van der Waals surface area contributed by atoms with Crippen molar-refractivity contribution in [1.29, 1.82) is 0 Å². The maximum Gasteiger partial charge on any atom is 0.281 e. The summed E-state index contributed by atoms with van der Waals surface area (Å²) in [7, 11) is 0. The molecule has 1 aliphatic heterocycles. The highest BCUT2D eigenvalue weighted by molar-refractivity contribution is 6.09. The van der Waals surface area contributed by atoms with Crippen molar-refractivity contribution in [3.05, 3.63) is 83.7 Å². The lowest BCUT2D eigenvalue weighted by Crippen LogP contribution is -3.00. The Morgan fingerprint density at radius 2 is 1.67 bits per heavy atom. The van der Waals surface area contributed by atoms with Crippen LogP contribution in [0.5, 0.6) is 0 Å². The Bertz CT molecular complexity index is 991. The SMILES string of the molecule is Cc1nc2ccccc2[n+]2c1C(=O)C=C2C=Cc1ccccc1.[Cl-]. The first-order valence-corrected chi connectivity index (χ1v) is 7.55. The molecule has 2 heterocycles. The molecule has 2 aromatic carbocycles. The largest absolute Gasteiger partial charge is 1.00 e. The van der Waals surface area contributed by atoms with Crippen molar-refractivity contribution in [2.75, 3.05) is 0 Å². The molecule has 0 spiro atoms. The minimum Gasteiger partial charge on any atom is -1.00 e. The summed E-state index contributed by atoms with van der Waals surface area (Å²) in [4.78, 5) is 16.9. The fourth-order valence-corrected chi connectivity index (χ4v) is 2.96. The smallest absolute Gasteiger partial charge is 0.281 e. The van der Waals surface area contributed by atoms with Gasteiger partial charge in [-0.15, -0.1) is 4.57 Å². The van der Waals surface area contributed by atoms with Crippen molar-refractivity contribution in [2.45, 2.75) is 6.92 Å². The van der Waals surface area contributed by atoms with E-state index in [0.29, 0.717) is 5.69 Å². The summed E-state index contributed by atoms with van der Waals surface area (Å²) in [6, 6.07) is 17.9. The van der Waals surface area contributed by atoms with Gasteiger partial charge in [0.05, 0.1) is 6.08 Å². The third-order valence-corrected chi connectivity index (χ3v) is 3.99. The monoisotopic (exact) mass is 334 g/mol. The molecule has 24 heavy (non-hydrogen) atoms. The number of ketones is 1. The third kappa shape index (κ3) is 2.63. The van der Waals surface area contributed by atoms with Gasteiger partial charge in [0.2, 0.25) is 11.2 Å². The van der Waals surface area contributed by atoms with Crippen molar-refractivity contribution in [3.8, 4) is 0 Å². The van der Waals surface area contributed by atoms with Crippen LogP contribution in [-0.2, 0) is 0 Å². The fraction of sp³-hybridized carbons (Fsp3) is 0.0500. The molecule has 3 aromatic rings. The van der Waals surface area contributed by atoms with E-state index in [0.717, 1.165) is 28.0 Å². The predicted molar refractivity (Wildman–Crippen MR) is 90.8 cm³/mol. The molecule has 0 amide bonds. The van der Waals surface area contributed by atoms with Gasteiger partial charge in [0.1, 0.15) is 11.2 Å². The number of carbonyl (C=O) groups excluding carboxylic acids is 1. The lowest BCUT2D eigenvalue weighted by Gasteiger charge is -2.02. The number of hydrogen-bond acceptors (Lipinski definition) is 2. The average Bonchev–Trinajstić information content (AvgIpc) is 2.92. The lowest BCUT2D eigenvalue weighted by atomic mass is 10.2. The Balaban J connectivity index is 0.00000169. The lowest BCUT2D eigenvalue weighted by molar-refractivity contribution is -0.549. The van der Waals surface area contributed by atoms with Gasteiger partial charge in [0.15, 0.2) is 0 Å². The van der Waals surface area contributed by atoms with Crippen molar-refractivity contribution < 1.29 is 21.8 Å². The molecule has 1 aromatic heterocycles. The molecule has 0 saturated heterocycles. The van der Waals surface area contributed by atoms with Gasteiger partial charge in [-0.1, -0.05) is 42.5 Å². The van der Waals surface area contributed by atoms with E-state index in [9.17, 15) is 4.79 Å². The number of allylic oxidation sites excluding steroid dienone is 3. The molecule has 0 atom stereocenters. The first kappa shape index (κ1) is 16.1. The molecule has 0 radical (unpaired) electrons. The molecular formula is C20H15ClN2O. The maximum absolute atomic E-state index is 12.4. The Labute approximate surface area is 146 Å². The molecule has 0 fully saturated rings. The highest BCUT2D eigenvalue weighted by Crippen LogP contribution is 2.20. The average molecular weight is 335 g/mol. The maximum atomic E-state index is 12.4. The van der Waals surface area contributed by atoms with E-state index < -0.39 is 0 Å². The van der Waals surface area contributed by atoms with Gasteiger partial charge in [0.25, 0.3) is 11.5 Å². The summed E-state index contributed by atoms with van der Waals surface area (Å²) in [5, 5.41) is 0.